The van der Waals surface area contributed by atoms with E-state index in [9.17, 15) is 13.2 Å². The molecule has 3 aromatic carbocycles. The summed E-state index contributed by atoms with van der Waals surface area (Å²) in [6.45, 7) is 7.29. The van der Waals surface area contributed by atoms with E-state index >= 15 is 0 Å². The first-order valence-corrected chi connectivity index (χ1v) is 12.5. The van der Waals surface area contributed by atoms with Crippen LogP contribution in [-0.4, -0.2) is 25.2 Å². The molecular formula is C25H27BrN2O3S. The van der Waals surface area contributed by atoms with E-state index in [1.807, 2.05) is 56.3 Å². The van der Waals surface area contributed by atoms with Gasteiger partial charge in [-0.3, -0.25) is 4.79 Å². The summed E-state index contributed by atoms with van der Waals surface area (Å²) in [7, 11) is -3.92. The summed E-state index contributed by atoms with van der Waals surface area (Å²) < 4.78 is 29.5. The average Bonchev–Trinajstić information content (AvgIpc) is 2.68. The molecular weight excluding hydrogens is 488 g/mol. The van der Waals surface area contributed by atoms with Crippen LogP contribution in [0.4, 0.5) is 5.69 Å². The minimum absolute atomic E-state index is 0.0985. The molecule has 0 radical (unpaired) electrons. The summed E-state index contributed by atoms with van der Waals surface area (Å²) in [6, 6.07) is 18.5. The molecule has 0 spiro atoms. The normalized spacial score (nSPS) is 11.6. The lowest BCUT2D eigenvalue weighted by atomic mass is 10.1. The van der Waals surface area contributed by atoms with E-state index in [1.54, 1.807) is 32.0 Å². The van der Waals surface area contributed by atoms with Crippen molar-refractivity contribution in [1.29, 1.82) is 0 Å². The quantitative estimate of drug-likeness (QED) is 0.451. The van der Waals surface area contributed by atoms with Gasteiger partial charge in [0.25, 0.3) is 0 Å². The minimum atomic E-state index is -3.92. The van der Waals surface area contributed by atoms with Crippen LogP contribution in [0.2, 0.25) is 0 Å². The topological polar surface area (TPSA) is 66.5 Å². The van der Waals surface area contributed by atoms with Crippen LogP contribution in [0, 0.1) is 27.7 Å². The van der Waals surface area contributed by atoms with Gasteiger partial charge < -0.3 is 5.32 Å². The van der Waals surface area contributed by atoms with Crippen LogP contribution in [0.3, 0.4) is 0 Å². The van der Waals surface area contributed by atoms with Gasteiger partial charge in [0.15, 0.2) is 0 Å². The van der Waals surface area contributed by atoms with Gasteiger partial charge in [-0.15, -0.1) is 0 Å². The second-order valence-electron chi connectivity index (χ2n) is 8.05. The van der Waals surface area contributed by atoms with E-state index in [2.05, 4.69) is 21.2 Å². The van der Waals surface area contributed by atoms with Gasteiger partial charge >= 0.3 is 0 Å². The predicted molar refractivity (Wildman–Crippen MR) is 132 cm³/mol. The number of amides is 1. The van der Waals surface area contributed by atoms with Crippen molar-refractivity contribution in [1.82, 2.24) is 4.31 Å². The highest BCUT2D eigenvalue weighted by Crippen LogP contribution is 2.27. The van der Waals surface area contributed by atoms with Crippen LogP contribution in [0.1, 0.15) is 27.8 Å². The van der Waals surface area contributed by atoms with Crippen LogP contribution in [0.15, 0.2) is 70.0 Å². The number of hydrogen-bond acceptors (Lipinski definition) is 3. The molecule has 0 fully saturated rings. The van der Waals surface area contributed by atoms with Crippen molar-refractivity contribution in [2.24, 2.45) is 0 Å². The molecule has 0 aliphatic rings. The Bertz CT molecular complexity index is 1220. The molecule has 1 N–H and O–H groups in total. The zero-order valence-corrected chi connectivity index (χ0v) is 21.0. The Hall–Kier alpha value is -2.48. The lowest BCUT2D eigenvalue weighted by molar-refractivity contribution is -0.116. The number of hydrogen-bond donors (Lipinski definition) is 1. The maximum absolute atomic E-state index is 13.7. The first kappa shape index (κ1) is 24.2. The maximum atomic E-state index is 13.7. The highest BCUT2D eigenvalue weighted by Gasteiger charge is 2.30. The van der Waals surface area contributed by atoms with Gasteiger partial charge in [-0.25, -0.2) is 8.42 Å². The van der Waals surface area contributed by atoms with Gasteiger partial charge in [0, 0.05) is 16.7 Å². The van der Waals surface area contributed by atoms with Crippen LogP contribution in [0.25, 0.3) is 0 Å². The van der Waals surface area contributed by atoms with Crippen molar-refractivity contribution in [2.45, 2.75) is 39.1 Å². The van der Waals surface area contributed by atoms with Crippen LogP contribution in [-0.2, 0) is 21.4 Å². The Morgan fingerprint density at radius 3 is 2.12 bits per heavy atom. The van der Waals surface area contributed by atoms with Crippen LogP contribution < -0.4 is 5.32 Å². The van der Waals surface area contributed by atoms with Crippen molar-refractivity contribution in [2.75, 3.05) is 11.9 Å². The Morgan fingerprint density at radius 1 is 0.906 bits per heavy atom. The fraction of sp³-hybridized carbons (Fsp3) is 0.240. The fourth-order valence-electron chi connectivity index (χ4n) is 3.75. The van der Waals surface area contributed by atoms with Crippen LogP contribution in [0.5, 0.6) is 0 Å². The second kappa shape index (κ2) is 9.98. The summed E-state index contributed by atoms with van der Waals surface area (Å²) in [4.78, 5) is 13.1. The van der Waals surface area contributed by atoms with E-state index in [-0.39, 0.29) is 18.0 Å². The molecule has 0 aromatic heterocycles. The third kappa shape index (κ3) is 5.85. The van der Waals surface area contributed by atoms with Gasteiger partial charge in [0.05, 0.1) is 11.4 Å². The van der Waals surface area contributed by atoms with E-state index in [0.29, 0.717) is 16.8 Å². The minimum Gasteiger partial charge on any atom is -0.325 e. The number of benzene rings is 3. The molecule has 5 nitrogen and oxygen atoms in total. The summed E-state index contributed by atoms with van der Waals surface area (Å²) >= 11 is 3.38. The molecule has 0 atom stereocenters. The van der Waals surface area contributed by atoms with Crippen molar-refractivity contribution in [3.8, 4) is 0 Å². The number of carbonyl (C=O) groups is 1. The summed E-state index contributed by atoms with van der Waals surface area (Å²) in [6.07, 6.45) is 0. The number of rotatable bonds is 7. The Balaban J connectivity index is 1.96. The van der Waals surface area contributed by atoms with Gasteiger partial charge in [-0.1, -0.05) is 69.5 Å². The molecule has 0 aliphatic carbocycles. The molecule has 0 saturated heterocycles. The largest absolute Gasteiger partial charge is 0.325 e. The number of sulfonamides is 1. The predicted octanol–water partition coefficient (Wildman–Crippen LogP) is 5.51. The Morgan fingerprint density at radius 2 is 1.53 bits per heavy atom. The first-order valence-electron chi connectivity index (χ1n) is 10.3. The molecule has 0 heterocycles. The molecule has 32 heavy (non-hydrogen) atoms. The third-order valence-corrected chi connectivity index (χ3v) is 7.70. The summed E-state index contributed by atoms with van der Waals surface area (Å²) in [5, 5.41) is 2.79. The third-order valence-electron chi connectivity index (χ3n) is 5.11. The molecule has 7 heteroatoms. The lowest BCUT2D eigenvalue weighted by Gasteiger charge is -2.24. The number of anilines is 1. The molecule has 0 bridgehead atoms. The molecule has 3 rings (SSSR count). The van der Waals surface area contributed by atoms with Gasteiger partial charge in [-0.2, -0.15) is 4.31 Å². The van der Waals surface area contributed by atoms with Crippen LogP contribution >= 0.6 is 15.9 Å². The van der Waals surface area contributed by atoms with Gasteiger partial charge in [0.1, 0.15) is 0 Å². The standard InChI is InChI=1S/C25H27BrN2O3S/c1-17-8-10-21(11-9-17)15-28(16-24(29)27-23-7-5-6-22(26)14-23)32(30,31)25-19(3)12-18(2)13-20(25)4/h5-14H,15-16H2,1-4H3,(H,27,29). The monoisotopic (exact) mass is 514 g/mol. The maximum Gasteiger partial charge on any atom is 0.244 e. The van der Waals surface area contributed by atoms with E-state index in [0.717, 1.165) is 21.2 Å². The number of nitrogens with zero attached hydrogens (tertiary/aromatic N) is 1. The smallest absolute Gasteiger partial charge is 0.244 e. The van der Waals surface area contributed by atoms with Crippen molar-refractivity contribution < 1.29 is 13.2 Å². The number of halogens is 1. The number of nitrogens with one attached hydrogen (secondary N) is 1. The molecule has 1 amide bonds. The van der Waals surface area contributed by atoms with E-state index < -0.39 is 15.9 Å². The van der Waals surface area contributed by atoms with Crippen molar-refractivity contribution >= 4 is 37.5 Å². The Labute approximate surface area is 198 Å². The summed E-state index contributed by atoms with van der Waals surface area (Å²) in [5.74, 6) is -0.402. The summed E-state index contributed by atoms with van der Waals surface area (Å²) in [5.41, 5.74) is 4.83. The molecule has 0 unspecified atom stereocenters. The highest BCUT2D eigenvalue weighted by atomic mass is 79.9. The molecule has 0 saturated carbocycles. The second-order valence-corrected chi connectivity index (χ2v) is 10.8. The Kier molecular flexibility index (Phi) is 7.54. The van der Waals surface area contributed by atoms with Gasteiger partial charge in [-0.05, 0) is 62.6 Å². The van der Waals surface area contributed by atoms with Crippen molar-refractivity contribution in [3.63, 3.8) is 0 Å². The zero-order chi connectivity index (χ0) is 23.5. The molecule has 168 valence electrons. The lowest BCUT2D eigenvalue weighted by Crippen LogP contribution is -2.38. The van der Waals surface area contributed by atoms with Crippen molar-refractivity contribution in [3.05, 3.63) is 93.0 Å². The highest BCUT2D eigenvalue weighted by molar-refractivity contribution is 9.10. The molecule has 3 aromatic rings. The SMILES string of the molecule is Cc1ccc(CN(CC(=O)Nc2cccc(Br)c2)S(=O)(=O)c2c(C)cc(C)cc2C)cc1. The zero-order valence-electron chi connectivity index (χ0n) is 18.6. The molecule has 0 aliphatic heterocycles. The average molecular weight is 515 g/mol. The van der Waals surface area contributed by atoms with Gasteiger partial charge in [0.2, 0.25) is 15.9 Å². The van der Waals surface area contributed by atoms with E-state index in [4.69, 9.17) is 0 Å². The number of aryl methyl sites for hydroxylation is 4. The number of carbonyl (C=O) groups excluding carboxylic acids is 1. The first-order chi connectivity index (χ1) is 15.1. The van der Waals surface area contributed by atoms with E-state index in [1.165, 1.54) is 4.31 Å². The fourth-order valence-corrected chi connectivity index (χ4v) is 5.95.